The Morgan fingerprint density at radius 1 is 1.19 bits per heavy atom. The second kappa shape index (κ2) is 9.78. The van der Waals surface area contributed by atoms with Gasteiger partial charge in [-0.1, -0.05) is 31.5 Å². The number of hydrazone groups is 1. The summed E-state index contributed by atoms with van der Waals surface area (Å²) >= 11 is 3.47. The van der Waals surface area contributed by atoms with E-state index in [2.05, 4.69) is 58.0 Å². The lowest BCUT2D eigenvalue weighted by Gasteiger charge is -2.60. The largest absolute Gasteiger partial charge is 0.391 e. The average Bonchev–Trinajstić information content (AvgIpc) is 3.11. The quantitative estimate of drug-likeness (QED) is 0.320. The van der Waals surface area contributed by atoms with Gasteiger partial charge in [0.1, 0.15) is 12.2 Å². The number of nitrogens with zero attached hydrogens (tertiary/aromatic N) is 4. The van der Waals surface area contributed by atoms with E-state index in [1.54, 1.807) is 11.8 Å². The number of aromatic nitrogens is 1. The maximum Gasteiger partial charge on any atom is 0.143 e. The summed E-state index contributed by atoms with van der Waals surface area (Å²) in [5.74, 6) is 2.37. The maximum absolute atomic E-state index is 12.0. The van der Waals surface area contributed by atoms with Crippen molar-refractivity contribution < 1.29 is 9.94 Å². The molecular weight excluding hydrogens is 528 g/mol. The number of fused-ring (bicyclic) bond motifs is 5. The van der Waals surface area contributed by atoms with Gasteiger partial charge in [-0.3, -0.25) is 4.98 Å². The van der Waals surface area contributed by atoms with E-state index in [1.165, 1.54) is 12.8 Å². The Morgan fingerprint density at radius 3 is 2.68 bits per heavy atom. The standard InChI is InChI=1S/C30H43BrN4O2/c1-19-13-24-25(8-11-29(4)26(24)9-12-30(29,36)20(2)33-35(5)6)28(3)10-7-23(15-27(19)28)34-37-18-21-14-22(31)17-32-16-21/h14-17,19,24-26,36H,7-13,18H2,1-6H3/b33-20?,34-23+/t19-,24+,25-,26-,28+,29-,30-/m0/s1. The van der Waals surface area contributed by atoms with Gasteiger partial charge in [0.25, 0.3) is 0 Å². The molecule has 3 fully saturated rings. The highest BCUT2D eigenvalue weighted by atomic mass is 79.9. The minimum atomic E-state index is -0.805. The molecule has 4 aliphatic rings. The summed E-state index contributed by atoms with van der Waals surface area (Å²) in [6, 6.07) is 2.02. The number of oxime groups is 1. The molecule has 7 atom stereocenters. The first kappa shape index (κ1) is 26.9. The van der Waals surface area contributed by atoms with Crippen LogP contribution in [0.4, 0.5) is 0 Å². The van der Waals surface area contributed by atoms with Crippen LogP contribution in [0.15, 0.2) is 44.8 Å². The van der Waals surface area contributed by atoms with Crippen LogP contribution in [0, 0.1) is 34.5 Å². The van der Waals surface area contributed by atoms with Crippen molar-refractivity contribution in [2.75, 3.05) is 14.1 Å². The van der Waals surface area contributed by atoms with Crippen LogP contribution in [-0.2, 0) is 11.4 Å². The van der Waals surface area contributed by atoms with Crippen molar-refractivity contribution in [3.8, 4) is 0 Å². The van der Waals surface area contributed by atoms with Crippen LogP contribution in [0.3, 0.4) is 0 Å². The third-order valence-electron chi connectivity index (χ3n) is 10.6. The number of aliphatic hydroxyl groups is 1. The summed E-state index contributed by atoms with van der Waals surface area (Å²) in [6.07, 6.45) is 13.4. The summed E-state index contributed by atoms with van der Waals surface area (Å²) in [5.41, 5.74) is 3.81. The lowest BCUT2D eigenvalue weighted by Crippen LogP contribution is -2.58. The molecule has 37 heavy (non-hydrogen) atoms. The Kier molecular flexibility index (Phi) is 7.10. The Bertz CT molecular complexity index is 1130. The summed E-state index contributed by atoms with van der Waals surface area (Å²) in [5, 5.41) is 23.1. The molecular formula is C30H43BrN4O2. The molecule has 7 heteroatoms. The lowest BCUT2D eigenvalue weighted by atomic mass is 9.44. The molecule has 3 saturated carbocycles. The van der Waals surface area contributed by atoms with E-state index in [9.17, 15) is 5.11 Å². The van der Waals surface area contributed by atoms with Crippen LogP contribution in [0.1, 0.15) is 78.2 Å². The molecule has 0 radical (unpaired) electrons. The van der Waals surface area contributed by atoms with Gasteiger partial charge >= 0.3 is 0 Å². The predicted molar refractivity (Wildman–Crippen MR) is 152 cm³/mol. The lowest BCUT2D eigenvalue weighted by molar-refractivity contribution is -0.100. The van der Waals surface area contributed by atoms with Gasteiger partial charge in [-0.2, -0.15) is 5.10 Å². The maximum atomic E-state index is 12.0. The van der Waals surface area contributed by atoms with Crippen LogP contribution in [0.5, 0.6) is 0 Å². The van der Waals surface area contributed by atoms with Crippen molar-refractivity contribution in [3.05, 3.63) is 40.1 Å². The van der Waals surface area contributed by atoms with Gasteiger partial charge in [0, 0.05) is 41.9 Å². The number of halogens is 1. The van der Waals surface area contributed by atoms with Crippen LogP contribution in [0.2, 0.25) is 0 Å². The number of hydrogen-bond donors (Lipinski definition) is 1. The molecule has 1 heterocycles. The molecule has 5 rings (SSSR count). The minimum Gasteiger partial charge on any atom is -0.391 e. The molecule has 0 unspecified atom stereocenters. The van der Waals surface area contributed by atoms with Crippen LogP contribution in [0.25, 0.3) is 0 Å². The average molecular weight is 572 g/mol. The Hall–Kier alpha value is -1.73. The van der Waals surface area contributed by atoms with Crippen LogP contribution in [-0.4, -0.2) is 46.2 Å². The Labute approximate surface area is 230 Å². The smallest absolute Gasteiger partial charge is 0.143 e. The van der Waals surface area contributed by atoms with Crippen molar-refractivity contribution in [2.45, 2.75) is 84.8 Å². The summed E-state index contributed by atoms with van der Waals surface area (Å²) < 4.78 is 0.951. The van der Waals surface area contributed by atoms with Crippen molar-refractivity contribution in [1.29, 1.82) is 0 Å². The molecule has 0 spiro atoms. The second-order valence-electron chi connectivity index (χ2n) is 12.8. The topological polar surface area (TPSA) is 70.3 Å². The van der Waals surface area contributed by atoms with E-state index in [0.29, 0.717) is 30.3 Å². The number of hydrogen-bond acceptors (Lipinski definition) is 6. The van der Waals surface area contributed by atoms with Crippen molar-refractivity contribution in [2.24, 2.45) is 44.8 Å². The summed E-state index contributed by atoms with van der Waals surface area (Å²) in [4.78, 5) is 9.96. The van der Waals surface area contributed by atoms with E-state index >= 15 is 0 Å². The first-order valence-electron chi connectivity index (χ1n) is 13.9. The highest BCUT2D eigenvalue weighted by molar-refractivity contribution is 9.10. The predicted octanol–water partition coefficient (Wildman–Crippen LogP) is 6.59. The molecule has 1 aromatic heterocycles. The molecule has 0 aromatic carbocycles. The molecule has 1 N–H and O–H groups in total. The van der Waals surface area contributed by atoms with Gasteiger partial charge in [0.15, 0.2) is 0 Å². The van der Waals surface area contributed by atoms with E-state index in [1.807, 2.05) is 38.3 Å². The highest BCUT2D eigenvalue weighted by Gasteiger charge is 2.65. The molecule has 202 valence electrons. The van der Waals surface area contributed by atoms with Gasteiger partial charge in [0.2, 0.25) is 0 Å². The van der Waals surface area contributed by atoms with E-state index in [-0.39, 0.29) is 10.8 Å². The monoisotopic (exact) mass is 570 g/mol. The van der Waals surface area contributed by atoms with Crippen LogP contribution < -0.4 is 0 Å². The number of allylic oxidation sites excluding steroid dienone is 2. The molecule has 0 aliphatic heterocycles. The molecule has 6 nitrogen and oxygen atoms in total. The van der Waals surface area contributed by atoms with Gasteiger partial charge in [0.05, 0.1) is 11.4 Å². The SMILES string of the molecule is CC(=NN(C)C)[C@@]1(O)CC[C@H]2[C@@H]3C[C@H](C)C4=C/C(=N/OCc5cncc(Br)c5)CC[C@]4(C)[C@H]3CC[C@@]21C. The van der Waals surface area contributed by atoms with Crippen molar-refractivity contribution >= 4 is 27.4 Å². The van der Waals surface area contributed by atoms with Crippen molar-refractivity contribution in [1.82, 2.24) is 9.99 Å². The van der Waals surface area contributed by atoms with Gasteiger partial charge in [-0.25, -0.2) is 0 Å². The molecule has 0 amide bonds. The van der Waals surface area contributed by atoms with E-state index < -0.39 is 5.60 Å². The van der Waals surface area contributed by atoms with Crippen LogP contribution >= 0.6 is 15.9 Å². The van der Waals surface area contributed by atoms with Gasteiger partial charge in [-0.05, 0) is 109 Å². The third-order valence-corrected chi connectivity index (χ3v) is 11.0. The molecule has 0 saturated heterocycles. The minimum absolute atomic E-state index is 0.106. The summed E-state index contributed by atoms with van der Waals surface area (Å²) in [6.45, 7) is 9.74. The molecule has 1 aromatic rings. The van der Waals surface area contributed by atoms with Crippen molar-refractivity contribution in [3.63, 3.8) is 0 Å². The van der Waals surface area contributed by atoms with E-state index in [4.69, 9.17) is 4.84 Å². The molecule has 4 aliphatic carbocycles. The first-order valence-corrected chi connectivity index (χ1v) is 14.7. The normalized spacial score (nSPS) is 40.5. The number of rotatable bonds is 5. The van der Waals surface area contributed by atoms with E-state index in [0.717, 1.165) is 53.6 Å². The molecule has 0 bridgehead atoms. The zero-order valence-corrected chi connectivity index (χ0v) is 24.9. The number of pyridine rings is 1. The first-order chi connectivity index (χ1) is 17.5. The Morgan fingerprint density at radius 2 is 1.95 bits per heavy atom. The fourth-order valence-corrected chi connectivity index (χ4v) is 9.20. The summed E-state index contributed by atoms with van der Waals surface area (Å²) in [7, 11) is 3.89. The van der Waals surface area contributed by atoms with Gasteiger partial charge < -0.3 is 15.0 Å². The second-order valence-corrected chi connectivity index (χ2v) is 13.7. The fraction of sp³-hybridized carbons (Fsp3) is 0.700. The Balaban J connectivity index is 1.36. The zero-order valence-electron chi connectivity index (χ0n) is 23.3. The van der Waals surface area contributed by atoms with Gasteiger partial charge in [-0.15, -0.1) is 0 Å². The zero-order chi connectivity index (χ0) is 26.6. The highest BCUT2D eigenvalue weighted by Crippen LogP contribution is 2.68. The fourth-order valence-electron chi connectivity index (χ4n) is 8.79. The third kappa shape index (κ3) is 4.48.